The fourth-order valence-electron chi connectivity index (χ4n) is 2.87. The van der Waals surface area contributed by atoms with E-state index < -0.39 is 4.92 Å². The van der Waals surface area contributed by atoms with Gasteiger partial charge in [0.25, 0.3) is 11.6 Å². The molecule has 2 aromatic rings. The number of aromatic nitrogens is 2. The molecule has 1 atom stereocenters. The van der Waals surface area contributed by atoms with Gasteiger partial charge in [-0.25, -0.2) is 0 Å². The zero-order chi connectivity index (χ0) is 17.6. The third-order valence-electron chi connectivity index (χ3n) is 4.20. The van der Waals surface area contributed by atoms with Gasteiger partial charge in [0.1, 0.15) is 0 Å². The van der Waals surface area contributed by atoms with Gasteiger partial charge < -0.3 is 16.0 Å². The fraction of sp³-hybridized carbons (Fsp3) is 0.375. The smallest absolute Gasteiger partial charge is 0.269 e. The van der Waals surface area contributed by atoms with Gasteiger partial charge in [-0.2, -0.15) is 5.10 Å². The van der Waals surface area contributed by atoms with Gasteiger partial charge >= 0.3 is 0 Å². The molecule has 1 aliphatic rings. The predicted molar refractivity (Wildman–Crippen MR) is 92.7 cm³/mol. The van der Waals surface area contributed by atoms with Crippen LogP contribution in [0.5, 0.6) is 0 Å². The minimum Gasteiger partial charge on any atom is -0.383 e. The number of benzene rings is 1. The number of nitro benzene ring substituents is 1. The molecular formula is C16H20N6O3. The molecule has 132 valence electrons. The van der Waals surface area contributed by atoms with Crippen molar-refractivity contribution in [3.8, 4) is 0 Å². The minimum atomic E-state index is -0.438. The third kappa shape index (κ3) is 4.13. The number of nitrogens with zero attached hydrogens (tertiary/aromatic N) is 2. The molecular weight excluding hydrogens is 324 g/mol. The maximum Gasteiger partial charge on any atom is 0.269 e. The van der Waals surface area contributed by atoms with Crippen molar-refractivity contribution in [2.75, 3.05) is 31.5 Å². The molecule has 0 bridgehead atoms. The van der Waals surface area contributed by atoms with Gasteiger partial charge in [0.05, 0.1) is 22.4 Å². The number of hydrogen-bond acceptors (Lipinski definition) is 6. The number of H-pyrrole nitrogens is 1. The summed E-state index contributed by atoms with van der Waals surface area (Å²) in [5.41, 5.74) is 2.28. The Hall–Kier alpha value is -2.94. The van der Waals surface area contributed by atoms with Gasteiger partial charge in [-0.15, -0.1) is 0 Å². The SMILES string of the molecule is O=C(NCCNc1ccc([N+](=O)[O-])cc1)c1cn[nH]c1C1CCNC1. The fourth-order valence-corrected chi connectivity index (χ4v) is 2.87. The molecule has 1 unspecified atom stereocenters. The standard InChI is InChI=1S/C16H20N6O3/c23-16(14-10-20-21-15(14)11-5-6-17-9-11)19-8-7-18-12-1-3-13(4-2-12)22(24)25/h1-4,10-11,17-18H,5-9H2,(H,19,23)(H,20,21). The number of nitrogens with one attached hydrogen (secondary N) is 4. The zero-order valence-corrected chi connectivity index (χ0v) is 13.6. The first-order valence-corrected chi connectivity index (χ1v) is 8.15. The molecule has 0 radical (unpaired) electrons. The van der Waals surface area contributed by atoms with Crippen LogP contribution in [-0.4, -0.2) is 47.2 Å². The van der Waals surface area contributed by atoms with Gasteiger partial charge in [0, 0.05) is 43.4 Å². The lowest BCUT2D eigenvalue weighted by molar-refractivity contribution is -0.384. The number of hydrogen-bond donors (Lipinski definition) is 4. The van der Waals surface area contributed by atoms with Crippen molar-refractivity contribution < 1.29 is 9.72 Å². The number of aromatic amines is 1. The molecule has 1 aromatic carbocycles. The predicted octanol–water partition coefficient (Wildman–Crippen LogP) is 1.24. The molecule has 9 heteroatoms. The Labute approximate surface area is 144 Å². The number of rotatable bonds is 7. The number of nitro groups is 1. The molecule has 3 rings (SSSR count). The first-order chi connectivity index (χ1) is 12.1. The largest absolute Gasteiger partial charge is 0.383 e. The quantitative estimate of drug-likeness (QED) is 0.340. The Morgan fingerprint density at radius 2 is 2.12 bits per heavy atom. The Balaban J connectivity index is 1.47. The van der Waals surface area contributed by atoms with E-state index in [-0.39, 0.29) is 11.6 Å². The van der Waals surface area contributed by atoms with E-state index in [1.54, 1.807) is 18.3 Å². The van der Waals surface area contributed by atoms with Crippen molar-refractivity contribution in [2.24, 2.45) is 0 Å². The highest BCUT2D eigenvalue weighted by molar-refractivity contribution is 5.95. The molecule has 0 spiro atoms. The van der Waals surface area contributed by atoms with E-state index in [0.29, 0.717) is 24.6 Å². The number of carbonyl (C=O) groups is 1. The van der Waals surface area contributed by atoms with Crippen molar-refractivity contribution in [1.82, 2.24) is 20.8 Å². The first kappa shape index (κ1) is 16.9. The van der Waals surface area contributed by atoms with Crippen LogP contribution >= 0.6 is 0 Å². The van der Waals surface area contributed by atoms with Crippen LogP contribution in [0, 0.1) is 10.1 Å². The number of non-ortho nitro benzene ring substituents is 1. The van der Waals surface area contributed by atoms with Crippen LogP contribution in [-0.2, 0) is 0 Å². The van der Waals surface area contributed by atoms with Crippen molar-refractivity contribution in [2.45, 2.75) is 12.3 Å². The highest BCUT2D eigenvalue weighted by atomic mass is 16.6. The topological polar surface area (TPSA) is 125 Å². The summed E-state index contributed by atoms with van der Waals surface area (Å²) in [5.74, 6) is 0.141. The number of anilines is 1. The third-order valence-corrected chi connectivity index (χ3v) is 4.20. The van der Waals surface area contributed by atoms with Gasteiger partial charge in [-0.05, 0) is 25.1 Å². The number of amides is 1. The Kier molecular flexibility index (Phi) is 5.24. The second-order valence-electron chi connectivity index (χ2n) is 5.87. The zero-order valence-electron chi connectivity index (χ0n) is 13.6. The molecule has 1 saturated heterocycles. The van der Waals surface area contributed by atoms with E-state index in [1.807, 2.05) is 0 Å². The van der Waals surface area contributed by atoms with Crippen LogP contribution in [0.25, 0.3) is 0 Å². The lowest BCUT2D eigenvalue weighted by Gasteiger charge is -2.10. The van der Waals surface area contributed by atoms with Gasteiger partial charge in [-0.1, -0.05) is 0 Å². The molecule has 1 amide bonds. The summed E-state index contributed by atoms with van der Waals surface area (Å²) in [6, 6.07) is 6.16. The Morgan fingerprint density at radius 3 is 2.80 bits per heavy atom. The molecule has 1 aliphatic heterocycles. The monoisotopic (exact) mass is 344 g/mol. The average molecular weight is 344 g/mol. The summed E-state index contributed by atoms with van der Waals surface area (Å²) in [5, 5.41) is 26.8. The summed E-state index contributed by atoms with van der Waals surface area (Å²) < 4.78 is 0. The van der Waals surface area contributed by atoms with Crippen molar-refractivity contribution in [3.63, 3.8) is 0 Å². The summed E-state index contributed by atoms with van der Waals surface area (Å²) in [7, 11) is 0. The molecule has 0 saturated carbocycles. The first-order valence-electron chi connectivity index (χ1n) is 8.15. The van der Waals surface area contributed by atoms with Crippen LogP contribution in [0.1, 0.15) is 28.4 Å². The van der Waals surface area contributed by atoms with Crippen molar-refractivity contribution >= 4 is 17.3 Å². The molecule has 4 N–H and O–H groups in total. The van der Waals surface area contributed by atoms with E-state index in [0.717, 1.165) is 30.9 Å². The number of carbonyl (C=O) groups excluding carboxylic acids is 1. The van der Waals surface area contributed by atoms with Gasteiger partial charge in [-0.3, -0.25) is 20.0 Å². The second-order valence-corrected chi connectivity index (χ2v) is 5.87. The molecule has 1 fully saturated rings. The summed E-state index contributed by atoms with van der Waals surface area (Å²) in [6.45, 7) is 2.75. The second kappa shape index (κ2) is 7.75. The molecule has 2 heterocycles. The lowest BCUT2D eigenvalue weighted by atomic mass is 10.0. The highest BCUT2D eigenvalue weighted by Crippen LogP contribution is 2.23. The minimum absolute atomic E-state index is 0.0488. The average Bonchev–Trinajstić information content (AvgIpc) is 3.29. The highest BCUT2D eigenvalue weighted by Gasteiger charge is 2.24. The van der Waals surface area contributed by atoms with E-state index in [4.69, 9.17) is 0 Å². The van der Waals surface area contributed by atoms with Gasteiger partial charge in [0.2, 0.25) is 0 Å². The maximum atomic E-state index is 12.3. The van der Waals surface area contributed by atoms with E-state index in [2.05, 4.69) is 26.1 Å². The van der Waals surface area contributed by atoms with Crippen LogP contribution in [0.15, 0.2) is 30.5 Å². The maximum absolute atomic E-state index is 12.3. The van der Waals surface area contributed by atoms with Crippen LogP contribution < -0.4 is 16.0 Å². The van der Waals surface area contributed by atoms with E-state index in [1.165, 1.54) is 12.1 Å². The van der Waals surface area contributed by atoms with Crippen molar-refractivity contribution in [1.29, 1.82) is 0 Å². The van der Waals surface area contributed by atoms with Crippen molar-refractivity contribution in [3.05, 3.63) is 51.8 Å². The van der Waals surface area contributed by atoms with E-state index >= 15 is 0 Å². The molecule has 1 aromatic heterocycles. The van der Waals surface area contributed by atoms with Crippen LogP contribution in [0.3, 0.4) is 0 Å². The normalized spacial score (nSPS) is 16.6. The van der Waals surface area contributed by atoms with Crippen LogP contribution in [0.2, 0.25) is 0 Å². The Bertz CT molecular complexity index is 737. The summed E-state index contributed by atoms with van der Waals surface area (Å²) in [4.78, 5) is 22.5. The summed E-state index contributed by atoms with van der Waals surface area (Å²) >= 11 is 0. The van der Waals surface area contributed by atoms with Crippen LogP contribution in [0.4, 0.5) is 11.4 Å². The van der Waals surface area contributed by atoms with Gasteiger partial charge in [0.15, 0.2) is 0 Å². The molecule has 25 heavy (non-hydrogen) atoms. The summed E-state index contributed by atoms with van der Waals surface area (Å²) in [6.07, 6.45) is 2.55. The molecule has 0 aliphatic carbocycles. The molecule has 9 nitrogen and oxygen atoms in total. The Morgan fingerprint density at radius 1 is 1.32 bits per heavy atom. The van der Waals surface area contributed by atoms with E-state index in [9.17, 15) is 14.9 Å². The lowest BCUT2D eigenvalue weighted by Crippen LogP contribution is -2.29.